The van der Waals surface area contributed by atoms with Gasteiger partial charge in [-0.05, 0) is 17.7 Å². The summed E-state index contributed by atoms with van der Waals surface area (Å²) in [5.74, 6) is 0.375. The number of rotatable bonds is 6. The van der Waals surface area contributed by atoms with Gasteiger partial charge in [0.25, 0.3) is 10.8 Å². The fourth-order valence-corrected chi connectivity index (χ4v) is 3.47. The highest BCUT2D eigenvalue weighted by molar-refractivity contribution is 7.11. The number of aromatic nitrogens is 5. The smallest absolute Gasteiger partial charge is 0.332 e. The molecule has 11 heteroatoms. The van der Waals surface area contributed by atoms with E-state index in [1.165, 1.54) is 40.9 Å². The highest BCUT2D eigenvalue weighted by atomic mass is 32.1. The van der Waals surface area contributed by atoms with Crippen molar-refractivity contribution in [2.45, 2.75) is 13.1 Å². The van der Waals surface area contributed by atoms with Crippen molar-refractivity contribution in [3.05, 3.63) is 68.6 Å². The predicted octanol–water partition coefficient (Wildman–Crippen LogP) is 0.999. The number of thiazole rings is 1. The first kappa shape index (κ1) is 19.6. The van der Waals surface area contributed by atoms with E-state index in [-0.39, 0.29) is 23.6 Å². The largest absolute Gasteiger partial charge is 0.431 e. The zero-order chi connectivity index (χ0) is 21.3. The molecule has 3 heterocycles. The number of ether oxygens (including phenoxy) is 1. The van der Waals surface area contributed by atoms with Crippen molar-refractivity contribution in [1.82, 2.24) is 29.0 Å². The maximum absolute atomic E-state index is 12.4. The van der Waals surface area contributed by atoms with E-state index in [1.54, 1.807) is 18.3 Å². The van der Waals surface area contributed by atoms with E-state index in [0.717, 1.165) is 10.1 Å². The van der Waals surface area contributed by atoms with Gasteiger partial charge in [0.2, 0.25) is 5.91 Å². The summed E-state index contributed by atoms with van der Waals surface area (Å²) in [5, 5.41) is 5.20. The van der Waals surface area contributed by atoms with Crippen molar-refractivity contribution in [1.29, 1.82) is 0 Å². The van der Waals surface area contributed by atoms with Crippen LogP contribution in [0.25, 0.3) is 11.2 Å². The molecule has 0 bridgehead atoms. The Balaban J connectivity index is 1.42. The molecule has 10 nitrogen and oxygen atoms in total. The summed E-state index contributed by atoms with van der Waals surface area (Å²) >= 11 is 1.40. The minimum Gasteiger partial charge on any atom is -0.431 e. The standard InChI is InChI=1S/C19H18N6O4S/c1-23-16-15(17(27)24(2)19(23)28)25(11-22-16)10-14(26)21-9-12-3-5-13(6-4-12)29-18-20-7-8-30-18/h3-8,11H,9-10H2,1-2H3,(H,21,26). The van der Waals surface area contributed by atoms with Crippen LogP contribution < -0.4 is 21.3 Å². The van der Waals surface area contributed by atoms with Crippen molar-refractivity contribution >= 4 is 28.4 Å². The van der Waals surface area contributed by atoms with Gasteiger partial charge < -0.3 is 14.6 Å². The topological polar surface area (TPSA) is 113 Å². The van der Waals surface area contributed by atoms with Crippen molar-refractivity contribution in [2.75, 3.05) is 0 Å². The van der Waals surface area contributed by atoms with Crippen LogP contribution in [-0.4, -0.2) is 29.6 Å². The van der Waals surface area contributed by atoms with Crippen LogP contribution in [0.5, 0.6) is 10.9 Å². The number of aryl methyl sites for hydroxylation is 1. The molecular weight excluding hydrogens is 408 g/mol. The Hall–Kier alpha value is -3.73. The van der Waals surface area contributed by atoms with Gasteiger partial charge in [-0.15, -0.1) is 0 Å². The molecule has 0 saturated heterocycles. The average Bonchev–Trinajstić information content (AvgIpc) is 3.40. The molecule has 0 aliphatic carbocycles. The Morgan fingerprint density at radius 1 is 1.13 bits per heavy atom. The SMILES string of the molecule is Cn1c(=O)c2c(ncn2CC(=O)NCc2ccc(Oc3nccs3)cc2)n(C)c1=O. The van der Waals surface area contributed by atoms with E-state index >= 15 is 0 Å². The van der Waals surface area contributed by atoms with Gasteiger partial charge in [0.05, 0.1) is 6.33 Å². The van der Waals surface area contributed by atoms with E-state index in [0.29, 0.717) is 17.5 Å². The fourth-order valence-electron chi connectivity index (χ4n) is 2.97. The number of carbonyl (C=O) groups is 1. The molecule has 1 N–H and O–H groups in total. The molecule has 0 atom stereocenters. The van der Waals surface area contributed by atoms with Crippen molar-refractivity contribution in [3.8, 4) is 10.9 Å². The highest BCUT2D eigenvalue weighted by Gasteiger charge is 2.15. The van der Waals surface area contributed by atoms with Gasteiger partial charge in [-0.1, -0.05) is 23.5 Å². The van der Waals surface area contributed by atoms with Gasteiger partial charge in [0, 0.05) is 32.2 Å². The quantitative estimate of drug-likeness (QED) is 0.492. The van der Waals surface area contributed by atoms with Crippen LogP contribution in [0.3, 0.4) is 0 Å². The molecule has 4 aromatic rings. The van der Waals surface area contributed by atoms with Gasteiger partial charge in [-0.25, -0.2) is 14.8 Å². The molecule has 0 aliphatic rings. The molecule has 1 amide bonds. The third kappa shape index (κ3) is 3.74. The minimum absolute atomic E-state index is 0.0881. The number of nitrogens with zero attached hydrogens (tertiary/aromatic N) is 5. The summed E-state index contributed by atoms with van der Waals surface area (Å²) in [6.45, 7) is 0.231. The number of hydrogen-bond acceptors (Lipinski definition) is 7. The van der Waals surface area contributed by atoms with Crippen LogP contribution in [0.1, 0.15) is 5.56 Å². The van der Waals surface area contributed by atoms with Crippen LogP contribution in [0.15, 0.2) is 51.8 Å². The first-order valence-electron chi connectivity index (χ1n) is 8.98. The normalized spacial score (nSPS) is 11.0. The van der Waals surface area contributed by atoms with E-state index in [1.807, 2.05) is 17.5 Å². The minimum atomic E-state index is -0.491. The molecule has 1 aromatic carbocycles. The van der Waals surface area contributed by atoms with E-state index in [9.17, 15) is 14.4 Å². The molecule has 4 rings (SSSR count). The molecule has 154 valence electrons. The average molecular weight is 426 g/mol. The first-order chi connectivity index (χ1) is 14.4. The van der Waals surface area contributed by atoms with E-state index in [4.69, 9.17) is 4.74 Å². The van der Waals surface area contributed by atoms with Crippen LogP contribution >= 0.6 is 11.3 Å². The van der Waals surface area contributed by atoms with Gasteiger partial charge >= 0.3 is 5.69 Å². The number of hydrogen-bond donors (Lipinski definition) is 1. The van der Waals surface area contributed by atoms with Crippen LogP contribution in [0, 0.1) is 0 Å². The lowest BCUT2D eigenvalue weighted by Crippen LogP contribution is -2.38. The third-order valence-corrected chi connectivity index (χ3v) is 5.21. The van der Waals surface area contributed by atoms with Gasteiger partial charge in [-0.2, -0.15) is 0 Å². The fraction of sp³-hybridized carbons (Fsp3) is 0.211. The maximum Gasteiger partial charge on any atom is 0.332 e. The van der Waals surface area contributed by atoms with Crippen molar-refractivity contribution < 1.29 is 9.53 Å². The summed E-state index contributed by atoms with van der Waals surface area (Å²) in [6, 6.07) is 7.30. The summed E-state index contributed by atoms with van der Waals surface area (Å²) in [4.78, 5) is 45.0. The number of imidazole rings is 1. The molecule has 0 spiro atoms. The molecule has 0 aliphatic heterocycles. The highest BCUT2D eigenvalue weighted by Crippen LogP contribution is 2.23. The summed E-state index contributed by atoms with van der Waals surface area (Å²) in [7, 11) is 2.92. The summed E-state index contributed by atoms with van der Waals surface area (Å²) in [5.41, 5.74) is 0.382. The van der Waals surface area contributed by atoms with E-state index < -0.39 is 11.2 Å². The summed E-state index contributed by atoms with van der Waals surface area (Å²) < 4.78 is 9.32. The zero-order valence-corrected chi connectivity index (χ0v) is 17.0. The van der Waals surface area contributed by atoms with E-state index in [2.05, 4.69) is 15.3 Å². The van der Waals surface area contributed by atoms with Gasteiger partial charge in [0.1, 0.15) is 12.3 Å². The lowest BCUT2D eigenvalue weighted by Gasteiger charge is -2.08. The number of amides is 1. The lowest BCUT2D eigenvalue weighted by molar-refractivity contribution is -0.121. The van der Waals surface area contributed by atoms with Crippen molar-refractivity contribution in [2.24, 2.45) is 14.1 Å². The number of nitrogens with one attached hydrogen (secondary N) is 1. The third-order valence-electron chi connectivity index (χ3n) is 4.56. The Morgan fingerprint density at radius 2 is 1.90 bits per heavy atom. The maximum atomic E-state index is 12.4. The van der Waals surface area contributed by atoms with Gasteiger partial charge in [0.15, 0.2) is 11.2 Å². The second-order valence-electron chi connectivity index (χ2n) is 6.57. The summed E-state index contributed by atoms with van der Waals surface area (Å²) in [6.07, 6.45) is 3.05. The Bertz CT molecular complexity index is 1320. The Labute approximate surface area is 174 Å². The second kappa shape index (κ2) is 7.95. The first-order valence-corrected chi connectivity index (χ1v) is 9.86. The Kier molecular flexibility index (Phi) is 5.19. The predicted molar refractivity (Wildman–Crippen MR) is 111 cm³/mol. The molecule has 0 saturated carbocycles. The number of benzene rings is 1. The molecular formula is C19H18N6O4S. The van der Waals surface area contributed by atoms with Crippen LogP contribution in [-0.2, 0) is 32.0 Å². The molecule has 3 aromatic heterocycles. The number of fused-ring (bicyclic) bond motifs is 1. The monoisotopic (exact) mass is 426 g/mol. The molecule has 0 fully saturated rings. The Morgan fingerprint density at radius 3 is 2.60 bits per heavy atom. The van der Waals surface area contributed by atoms with Crippen LogP contribution in [0.2, 0.25) is 0 Å². The zero-order valence-electron chi connectivity index (χ0n) is 16.2. The van der Waals surface area contributed by atoms with Gasteiger partial charge in [-0.3, -0.25) is 18.7 Å². The second-order valence-corrected chi connectivity index (χ2v) is 7.43. The number of carbonyl (C=O) groups excluding carboxylic acids is 1. The lowest BCUT2D eigenvalue weighted by atomic mass is 10.2. The molecule has 0 radical (unpaired) electrons. The molecule has 0 unspecified atom stereocenters. The van der Waals surface area contributed by atoms with Crippen molar-refractivity contribution in [3.63, 3.8) is 0 Å². The molecule has 30 heavy (non-hydrogen) atoms. The van der Waals surface area contributed by atoms with Crippen LogP contribution in [0.4, 0.5) is 0 Å².